The Morgan fingerprint density at radius 3 is 2.59 bits per heavy atom. The number of benzene rings is 1. The van der Waals surface area contributed by atoms with E-state index in [0.29, 0.717) is 0 Å². The third kappa shape index (κ3) is 3.07. The summed E-state index contributed by atoms with van der Waals surface area (Å²) in [5.74, 6) is -0.0869. The summed E-state index contributed by atoms with van der Waals surface area (Å²) in [6, 6.07) is 13.8. The number of rotatable bonds is 3. The second-order valence-electron chi connectivity index (χ2n) is 5.17. The highest BCUT2D eigenvalue weighted by molar-refractivity contribution is 7.12. The molecule has 0 aliphatic heterocycles. The van der Waals surface area contributed by atoms with Crippen molar-refractivity contribution in [3.8, 4) is 11.1 Å². The minimum Gasteiger partial charge on any atom is -0.321 e. The van der Waals surface area contributed by atoms with E-state index in [-0.39, 0.29) is 5.91 Å². The van der Waals surface area contributed by atoms with Crippen LogP contribution < -0.4 is 5.32 Å². The molecule has 110 valence electrons. The van der Waals surface area contributed by atoms with Gasteiger partial charge in [-0.15, -0.1) is 11.3 Å². The molecule has 0 unspecified atom stereocenters. The molecule has 2 heterocycles. The predicted molar refractivity (Wildman–Crippen MR) is 91.4 cm³/mol. The van der Waals surface area contributed by atoms with Gasteiger partial charge in [0, 0.05) is 23.1 Å². The van der Waals surface area contributed by atoms with Crippen LogP contribution >= 0.6 is 11.3 Å². The van der Waals surface area contributed by atoms with E-state index in [4.69, 9.17) is 0 Å². The number of hydrogen-bond acceptors (Lipinski definition) is 3. The lowest BCUT2D eigenvalue weighted by molar-refractivity contribution is 0.103. The topological polar surface area (TPSA) is 42.0 Å². The summed E-state index contributed by atoms with van der Waals surface area (Å²) in [4.78, 5) is 17.4. The number of carbonyl (C=O) groups excluding carboxylic acids is 1. The van der Waals surface area contributed by atoms with Gasteiger partial charge in [-0.2, -0.15) is 0 Å². The van der Waals surface area contributed by atoms with Crippen LogP contribution in [0.3, 0.4) is 0 Å². The summed E-state index contributed by atoms with van der Waals surface area (Å²) in [7, 11) is 0. The van der Waals surface area contributed by atoms with Gasteiger partial charge in [-0.05, 0) is 43.0 Å². The van der Waals surface area contributed by atoms with Crippen molar-refractivity contribution in [2.24, 2.45) is 0 Å². The summed E-state index contributed by atoms with van der Waals surface area (Å²) < 4.78 is 0. The van der Waals surface area contributed by atoms with Crippen molar-refractivity contribution in [3.05, 3.63) is 70.2 Å². The molecule has 2 aromatic heterocycles. The fourth-order valence-corrected chi connectivity index (χ4v) is 3.07. The predicted octanol–water partition coefficient (Wildman–Crippen LogP) is 4.68. The second kappa shape index (κ2) is 6.12. The van der Waals surface area contributed by atoms with E-state index in [9.17, 15) is 4.79 Å². The molecular weight excluding hydrogens is 292 g/mol. The number of aryl methyl sites for hydroxylation is 2. The Balaban J connectivity index is 1.88. The maximum atomic E-state index is 12.5. The summed E-state index contributed by atoms with van der Waals surface area (Å²) in [6.45, 7) is 3.95. The van der Waals surface area contributed by atoms with Crippen molar-refractivity contribution >= 4 is 22.9 Å². The third-order valence-corrected chi connectivity index (χ3v) is 4.30. The summed E-state index contributed by atoms with van der Waals surface area (Å²) in [5.41, 5.74) is 4.87. The zero-order valence-electron chi connectivity index (χ0n) is 12.5. The molecule has 1 aromatic carbocycles. The molecule has 22 heavy (non-hydrogen) atoms. The first-order valence-electron chi connectivity index (χ1n) is 7.02. The third-order valence-electron chi connectivity index (χ3n) is 3.39. The second-order valence-corrected chi connectivity index (χ2v) is 6.09. The first-order chi connectivity index (χ1) is 10.6. The number of nitrogens with zero attached hydrogens (tertiary/aromatic N) is 1. The molecule has 0 radical (unpaired) electrons. The molecule has 0 aliphatic carbocycles. The van der Waals surface area contributed by atoms with Crippen LogP contribution in [0.5, 0.6) is 0 Å². The Morgan fingerprint density at radius 2 is 1.86 bits per heavy atom. The standard InChI is InChI=1S/C18H16N2OS/c1-12-3-5-14(6-4-12)16-8-10-22-17(16)18(21)20-15-7-9-19-13(2)11-15/h3-11H,1-2H3,(H,19,20,21). The SMILES string of the molecule is Cc1ccc(-c2ccsc2C(=O)Nc2ccnc(C)c2)cc1. The van der Waals surface area contributed by atoms with Crippen LogP contribution in [0.25, 0.3) is 11.1 Å². The van der Waals surface area contributed by atoms with E-state index >= 15 is 0 Å². The normalized spacial score (nSPS) is 10.5. The van der Waals surface area contributed by atoms with E-state index < -0.39 is 0 Å². The lowest BCUT2D eigenvalue weighted by Crippen LogP contribution is -2.11. The molecule has 3 aromatic rings. The lowest BCUT2D eigenvalue weighted by Gasteiger charge is -2.07. The molecule has 1 N–H and O–H groups in total. The van der Waals surface area contributed by atoms with Crippen LogP contribution in [-0.4, -0.2) is 10.9 Å². The highest BCUT2D eigenvalue weighted by Crippen LogP contribution is 2.29. The van der Waals surface area contributed by atoms with Gasteiger partial charge >= 0.3 is 0 Å². The van der Waals surface area contributed by atoms with E-state index in [1.54, 1.807) is 12.3 Å². The first kappa shape index (κ1) is 14.5. The van der Waals surface area contributed by atoms with Gasteiger partial charge in [0.25, 0.3) is 5.91 Å². The van der Waals surface area contributed by atoms with Crippen molar-refractivity contribution in [1.29, 1.82) is 0 Å². The van der Waals surface area contributed by atoms with Crippen LogP contribution in [0.4, 0.5) is 5.69 Å². The van der Waals surface area contributed by atoms with Crippen molar-refractivity contribution in [1.82, 2.24) is 4.98 Å². The number of anilines is 1. The fourth-order valence-electron chi connectivity index (χ4n) is 2.26. The zero-order chi connectivity index (χ0) is 15.5. The quantitative estimate of drug-likeness (QED) is 0.763. The number of aromatic nitrogens is 1. The molecule has 4 heteroatoms. The first-order valence-corrected chi connectivity index (χ1v) is 7.90. The molecule has 0 atom stereocenters. The van der Waals surface area contributed by atoms with E-state index in [0.717, 1.165) is 27.4 Å². The van der Waals surface area contributed by atoms with Crippen LogP contribution in [0, 0.1) is 13.8 Å². The molecular formula is C18H16N2OS. The van der Waals surface area contributed by atoms with Crippen LogP contribution in [0.2, 0.25) is 0 Å². The van der Waals surface area contributed by atoms with Gasteiger partial charge in [0.2, 0.25) is 0 Å². The molecule has 0 aliphatic rings. The van der Waals surface area contributed by atoms with Crippen LogP contribution in [-0.2, 0) is 0 Å². The maximum Gasteiger partial charge on any atom is 0.266 e. The molecule has 0 saturated carbocycles. The average Bonchev–Trinajstić information content (AvgIpc) is 2.97. The van der Waals surface area contributed by atoms with Crippen LogP contribution in [0.1, 0.15) is 20.9 Å². The van der Waals surface area contributed by atoms with Crippen molar-refractivity contribution < 1.29 is 4.79 Å². The molecule has 0 bridgehead atoms. The van der Waals surface area contributed by atoms with Gasteiger partial charge in [-0.1, -0.05) is 29.8 Å². The number of pyridine rings is 1. The monoisotopic (exact) mass is 308 g/mol. The Morgan fingerprint density at radius 1 is 1.09 bits per heavy atom. The van der Waals surface area contributed by atoms with E-state index in [1.165, 1.54) is 16.9 Å². The molecule has 0 saturated heterocycles. The van der Waals surface area contributed by atoms with Crippen molar-refractivity contribution in [3.63, 3.8) is 0 Å². The Hall–Kier alpha value is -2.46. The van der Waals surface area contributed by atoms with Crippen molar-refractivity contribution in [2.45, 2.75) is 13.8 Å². The van der Waals surface area contributed by atoms with E-state index in [1.807, 2.05) is 36.6 Å². The van der Waals surface area contributed by atoms with Gasteiger partial charge in [0.05, 0.1) is 4.88 Å². The molecule has 3 rings (SSSR count). The summed E-state index contributed by atoms with van der Waals surface area (Å²) in [6.07, 6.45) is 1.69. The van der Waals surface area contributed by atoms with Gasteiger partial charge in [-0.25, -0.2) is 0 Å². The molecule has 3 nitrogen and oxygen atoms in total. The zero-order valence-corrected chi connectivity index (χ0v) is 13.3. The Kier molecular flexibility index (Phi) is 4.02. The largest absolute Gasteiger partial charge is 0.321 e. The summed E-state index contributed by atoms with van der Waals surface area (Å²) >= 11 is 1.45. The molecule has 1 amide bonds. The number of hydrogen-bond donors (Lipinski definition) is 1. The lowest BCUT2D eigenvalue weighted by atomic mass is 10.0. The van der Waals surface area contributed by atoms with Gasteiger partial charge in [0.15, 0.2) is 0 Å². The number of carbonyl (C=O) groups is 1. The Bertz CT molecular complexity index is 806. The highest BCUT2D eigenvalue weighted by atomic mass is 32.1. The average molecular weight is 308 g/mol. The number of thiophene rings is 1. The Labute approximate surface area is 133 Å². The molecule has 0 fully saturated rings. The number of nitrogens with one attached hydrogen (secondary N) is 1. The minimum atomic E-state index is -0.0869. The number of amides is 1. The maximum absolute atomic E-state index is 12.5. The fraction of sp³-hybridized carbons (Fsp3) is 0.111. The van der Waals surface area contributed by atoms with E-state index in [2.05, 4.69) is 29.4 Å². The smallest absolute Gasteiger partial charge is 0.266 e. The summed E-state index contributed by atoms with van der Waals surface area (Å²) in [5, 5.41) is 4.88. The van der Waals surface area contributed by atoms with Crippen LogP contribution in [0.15, 0.2) is 54.0 Å². The van der Waals surface area contributed by atoms with Gasteiger partial charge < -0.3 is 5.32 Å². The minimum absolute atomic E-state index is 0.0869. The van der Waals surface area contributed by atoms with Gasteiger partial charge in [-0.3, -0.25) is 9.78 Å². The van der Waals surface area contributed by atoms with Crippen molar-refractivity contribution in [2.75, 3.05) is 5.32 Å². The van der Waals surface area contributed by atoms with Gasteiger partial charge in [0.1, 0.15) is 0 Å². The highest BCUT2D eigenvalue weighted by Gasteiger charge is 2.14. The molecule has 0 spiro atoms.